The first-order chi connectivity index (χ1) is 32.1. The molecule has 5 aromatic rings. The minimum Gasteiger partial charge on any atom is -0.379 e. The summed E-state index contributed by atoms with van der Waals surface area (Å²) in [7, 11) is -4.36. The number of hydrogen-bond acceptors (Lipinski definition) is 6. The highest BCUT2D eigenvalue weighted by molar-refractivity contribution is 7.48. The van der Waals surface area contributed by atoms with E-state index in [1.165, 1.54) is 116 Å². The minimum atomic E-state index is -4.36. The van der Waals surface area contributed by atoms with Crippen molar-refractivity contribution in [3.8, 4) is 0 Å². The van der Waals surface area contributed by atoms with Crippen LogP contribution in [0.25, 0.3) is 0 Å². The average Bonchev–Trinajstić information content (AvgIpc) is 3.36. The fourth-order valence-corrected chi connectivity index (χ4v) is 9.79. The zero-order chi connectivity index (χ0) is 45.3. The van der Waals surface area contributed by atoms with Crippen molar-refractivity contribution in [2.75, 3.05) is 19.8 Å². The number of unbranched alkanes of at least 4 members (excludes halogenated alkanes) is 19. The number of phosphoric acid groups is 1. The van der Waals surface area contributed by atoms with Gasteiger partial charge in [0.2, 0.25) is 0 Å². The van der Waals surface area contributed by atoms with Gasteiger partial charge in [-0.15, -0.1) is 0 Å². The van der Waals surface area contributed by atoms with E-state index in [1.54, 1.807) is 0 Å². The normalized spacial score (nSPS) is 12.3. The highest BCUT2D eigenvalue weighted by Gasteiger charge is 2.37. The van der Waals surface area contributed by atoms with Crippen LogP contribution in [0.3, 0.4) is 0 Å². The molecule has 0 saturated heterocycles. The Kier molecular flexibility index (Phi) is 26.2. The van der Waals surface area contributed by atoms with E-state index in [0.29, 0.717) is 13.2 Å². The van der Waals surface area contributed by atoms with Crippen LogP contribution in [0.1, 0.15) is 175 Å². The third kappa shape index (κ3) is 21.5. The predicted octanol–water partition coefficient (Wildman–Crippen LogP) is 17.1. The standard InChI is InChI=1S/C58H79O6P/c1-2-3-4-5-6-7-8-9-10-11-12-13-14-15-16-17-18-19-20-36-47-60-49-56(61-48-51-37-26-21-27-38-51)50-62-65(59,63-57(52-39-28-22-29-40-52)53-41-30-23-31-42-53)64-58(54-43-32-24-33-44-54)55-45-34-25-35-46-55/h21-35,37-46,56-58H,2-20,36,47-50H2,1H3/t56-/m1/s1. The zero-order valence-electron chi connectivity index (χ0n) is 39.5. The number of hydrogen-bond donors (Lipinski definition) is 0. The molecule has 0 heterocycles. The summed E-state index contributed by atoms with van der Waals surface area (Å²) in [5.74, 6) is 0. The van der Waals surface area contributed by atoms with Gasteiger partial charge in [-0.25, -0.2) is 4.57 Å². The van der Waals surface area contributed by atoms with E-state index in [1.807, 2.05) is 152 Å². The summed E-state index contributed by atoms with van der Waals surface area (Å²) in [6, 6.07) is 49.2. The first-order valence-electron chi connectivity index (χ1n) is 25.2. The van der Waals surface area contributed by atoms with E-state index in [4.69, 9.17) is 23.0 Å². The van der Waals surface area contributed by atoms with Crippen LogP contribution in [0, 0.1) is 0 Å². The molecule has 0 aromatic heterocycles. The monoisotopic (exact) mass is 903 g/mol. The second-order valence-corrected chi connectivity index (χ2v) is 19.1. The van der Waals surface area contributed by atoms with Crippen LogP contribution in [0.2, 0.25) is 0 Å². The molecule has 0 saturated carbocycles. The Morgan fingerprint density at radius 2 is 0.723 bits per heavy atom. The van der Waals surface area contributed by atoms with Crippen molar-refractivity contribution >= 4 is 7.82 Å². The summed E-state index contributed by atoms with van der Waals surface area (Å²) in [6.45, 7) is 3.50. The fraction of sp³-hybridized carbons (Fsp3) is 0.483. The van der Waals surface area contributed by atoms with Gasteiger partial charge in [-0.2, -0.15) is 0 Å². The molecule has 0 amide bonds. The second-order valence-electron chi connectivity index (χ2n) is 17.6. The highest BCUT2D eigenvalue weighted by atomic mass is 31.2. The second kappa shape index (κ2) is 32.7. The largest absolute Gasteiger partial charge is 0.476 e. The van der Waals surface area contributed by atoms with Gasteiger partial charge < -0.3 is 9.47 Å². The third-order valence-corrected chi connectivity index (χ3v) is 13.5. The summed E-state index contributed by atoms with van der Waals surface area (Å²) in [5.41, 5.74) is 4.35. The van der Waals surface area contributed by atoms with Gasteiger partial charge in [0.15, 0.2) is 0 Å². The fourth-order valence-electron chi connectivity index (χ4n) is 8.26. The molecule has 5 aromatic carbocycles. The van der Waals surface area contributed by atoms with Crippen molar-refractivity contribution in [2.45, 2.75) is 160 Å². The first kappa shape index (κ1) is 52.1. The molecular formula is C58H79O6P. The molecule has 0 unspecified atom stereocenters. The van der Waals surface area contributed by atoms with Gasteiger partial charge in [-0.3, -0.25) is 13.6 Å². The molecule has 352 valence electrons. The Morgan fingerprint density at radius 1 is 0.400 bits per heavy atom. The van der Waals surface area contributed by atoms with Gasteiger partial charge in [0.1, 0.15) is 18.3 Å². The molecule has 0 aliphatic rings. The van der Waals surface area contributed by atoms with E-state index in [-0.39, 0.29) is 13.2 Å². The van der Waals surface area contributed by atoms with E-state index in [9.17, 15) is 0 Å². The summed E-state index contributed by atoms with van der Waals surface area (Å²) in [5, 5.41) is 0. The molecule has 0 spiro atoms. The number of rotatable bonds is 37. The number of benzene rings is 5. The molecule has 0 fully saturated rings. The average molecular weight is 903 g/mol. The maximum absolute atomic E-state index is 15.4. The van der Waals surface area contributed by atoms with Crippen molar-refractivity contribution in [1.29, 1.82) is 0 Å². The van der Waals surface area contributed by atoms with Crippen LogP contribution < -0.4 is 0 Å². The first-order valence-corrected chi connectivity index (χ1v) is 26.6. The molecular weight excluding hydrogens is 824 g/mol. The van der Waals surface area contributed by atoms with Gasteiger partial charge in [0.05, 0.1) is 19.8 Å². The lowest BCUT2D eigenvalue weighted by Gasteiger charge is -2.29. The lowest BCUT2D eigenvalue weighted by molar-refractivity contribution is -0.0545. The van der Waals surface area contributed by atoms with E-state index < -0.39 is 26.1 Å². The third-order valence-electron chi connectivity index (χ3n) is 12.1. The van der Waals surface area contributed by atoms with Crippen LogP contribution in [0.5, 0.6) is 0 Å². The van der Waals surface area contributed by atoms with E-state index in [0.717, 1.165) is 40.7 Å². The van der Waals surface area contributed by atoms with Gasteiger partial charge in [0, 0.05) is 6.61 Å². The maximum Gasteiger partial charge on any atom is 0.476 e. The molecule has 7 heteroatoms. The van der Waals surface area contributed by atoms with Crippen LogP contribution in [0.15, 0.2) is 152 Å². The Morgan fingerprint density at radius 3 is 1.08 bits per heavy atom. The smallest absolute Gasteiger partial charge is 0.379 e. The summed E-state index contributed by atoms with van der Waals surface area (Å²) < 4.78 is 47.9. The van der Waals surface area contributed by atoms with Crippen molar-refractivity contribution in [3.05, 3.63) is 179 Å². The summed E-state index contributed by atoms with van der Waals surface area (Å²) in [4.78, 5) is 0. The molecule has 0 aliphatic carbocycles. The Hall–Kier alpha value is -3.87. The van der Waals surface area contributed by atoms with Crippen LogP contribution in [-0.4, -0.2) is 25.9 Å². The lowest BCUT2D eigenvalue weighted by Crippen LogP contribution is -2.26. The number of phosphoric ester groups is 1. The Balaban J connectivity index is 1.11. The molecule has 6 nitrogen and oxygen atoms in total. The molecule has 0 N–H and O–H groups in total. The van der Waals surface area contributed by atoms with Gasteiger partial charge in [-0.05, 0) is 34.2 Å². The molecule has 0 radical (unpaired) electrons. The van der Waals surface area contributed by atoms with Crippen molar-refractivity contribution in [3.63, 3.8) is 0 Å². The maximum atomic E-state index is 15.4. The van der Waals surface area contributed by atoms with Gasteiger partial charge in [0.25, 0.3) is 0 Å². The van der Waals surface area contributed by atoms with Crippen molar-refractivity contribution in [2.24, 2.45) is 0 Å². The topological polar surface area (TPSA) is 63.2 Å². The SMILES string of the molecule is CCCCCCCCCCCCCCCCCCCCCCOC[C@H](COP(=O)(OC(c1ccccc1)c1ccccc1)OC(c1ccccc1)c1ccccc1)OCc1ccccc1. The predicted molar refractivity (Wildman–Crippen MR) is 269 cm³/mol. The van der Waals surface area contributed by atoms with Crippen molar-refractivity contribution in [1.82, 2.24) is 0 Å². The van der Waals surface area contributed by atoms with Crippen LogP contribution >= 0.6 is 7.82 Å². The number of ether oxygens (including phenoxy) is 2. The molecule has 5 rings (SSSR count). The van der Waals surface area contributed by atoms with Gasteiger partial charge in [-0.1, -0.05) is 281 Å². The quantitative estimate of drug-likeness (QED) is 0.0292. The molecule has 0 aliphatic heterocycles. The molecule has 65 heavy (non-hydrogen) atoms. The van der Waals surface area contributed by atoms with E-state index in [2.05, 4.69) is 6.92 Å². The highest BCUT2D eigenvalue weighted by Crippen LogP contribution is 2.58. The molecule has 0 bridgehead atoms. The van der Waals surface area contributed by atoms with Gasteiger partial charge >= 0.3 is 7.82 Å². The summed E-state index contributed by atoms with van der Waals surface area (Å²) in [6.07, 6.45) is 25.1. The zero-order valence-corrected chi connectivity index (χ0v) is 40.4. The summed E-state index contributed by atoms with van der Waals surface area (Å²) >= 11 is 0. The van der Waals surface area contributed by atoms with Crippen molar-refractivity contribution < 1.29 is 27.6 Å². The Labute approximate surface area is 393 Å². The van der Waals surface area contributed by atoms with Crippen LogP contribution in [0.4, 0.5) is 0 Å². The molecule has 1 atom stereocenters. The van der Waals surface area contributed by atoms with Crippen LogP contribution in [-0.2, 0) is 34.2 Å². The van der Waals surface area contributed by atoms with E-state index >= 15 is 4.57 Å². The minimum absolute atomic E-state index is 0.0596. The lowest BCUT2D eigenvalue weighted by atomic mass is 10.0. The Bertz CT molecular complexity index is 1750.